The van der Waals surface area contributed by atoms with Crippen LogP contribution in [0.4, 0.5) is 5.00 Å². The zero-order chi connectivity index (χ0) is 16.9. The third kappa shape index (κ3) is 3.93. The summed E-state index contributed by atoms with van der Waals surface area (Å²) in [6, 6.07) is 8.43. The van der Waals surface area contributed by atoms with E-state index in [1.165, 1.54) is 11.3 Å². The van der Waals surface area contributed by atoms with Gasteiger partial charge in [-0.25, -0.2) is 0 Å². The van der Waals surface area contributed by atoms with Crippen molar-refractivity contribution in [2.45, 2.75) is 18.9 Å². The summed E-state index contributed by atoms with van der Waals surface area (Å²) in [5.74, 6) is -0.175. The van der Waals surface area contributed by atoms with Gasteiger partial charge in [0.1, 0.15) is 17.4 Å². The summed E-state index contributed by atoms with van der Waals surface area (Å²) in [7, 11) is 0. The van der Waals surface area contributed by atoms with Crippen LogP contribution in [0.25, 0.3) is 0 Å². The van der Waals surface area contributed by atoms with Crippen LogP contribution in [0, 0.1) is 0 Å². The summed E-state index contributed by atoms with van der Waals surface area (Å²) in [6.45, 7) is 1.31. The minimum Gasteiger partial charge on any atom is -0.491 e. The van der Waals surface area contributed by atoms with E-state index in [9.17, 15) is 9.59 Å². The van der Waals surface area contributed by atoms with Crippen molar-refractivity contribution >= 4 is 28.2 Å². The Balaban J connectivity index is 1.59. The molecule has 0 saturated carbocycles. The monoisotopic (exact) mass is 346 g/mol. The van der Waals surface area contributed by atoms with Crippen molar-refractivity contribution in [3.8, 4) is 5.75 Å². The van der Waals surface area contributed by atoms with E-state index < -0.39 is 5.91 Å². The normalized spacial score (nSPS) is 16.8. The van der Waals surface area contributed by atoms with Crippen molar-refractivity contribution in [3.05, 3.63) is 46.8 Å². The molecule has 24 heavy (non-hydrogen) atoms. The third-order valence-corrected chi connectivity index (χ3v) is 4.56. The van der Waals surface area contributed by atoms with Gasteiger partial charge >= 0.3 is 0 Å². The second-order valence-electron chi connectivity index (χ2n) is 5.45. The molecule has 126 valence electrons. The maximum atomic E-state index is 12.2. The van der Waals surface area contributed by atoms with Crippen LogP contribution in [-0.2, 0) is 4.74 Å². The van der Waals surface area contributed by atoms with Gasteiger partial charge in [0.05, 0.1) is 11.7 Å². The number of ether oxygens (including phenoxy) is 2. The van der Waals surface area contributed by atoms with Crippen molar-refractivity contribution in [3.63, 3.8) is 0 Å². The molecule has 2 amide bonds. The lowest BCUT2D eigenvalue weighted by atomic mass is 10.2. The first-order valence-electron chi connectivity index (χ1n) is 7.66. The minimum absolute atomic E-state index is 0.152. The van der Waals surface area contributed by atoms with Gasteiger partial charge in [0, 0.05) is 12.2 Å². The highest BCUT2D eigenvalue weighted by molar-refractivity contribution is 7.14. The Labute approximate surface area is 143 Å². The number of nitrogens with one attached hydrogen (secondary N) is 1. The molecule has 2 aromatic rings. The Morgan fingerprint density at radius 1 is 1.29 bits per heavy atom. The summed E-state index contributed by atoms with van der Waals surface area (Å²) >= 11 is 1.25. The Morgan fingerprint density at radius 2 is 2.08 bits per heavy atom. The van der Waals surface area contributed by atoms with Crippen LogP contribution >= 0.6 is 11.3 Å². The highest BCUT2D eigenvalue weighted by atomic mass is 32.1. The molecule has 0 aliphatic carbocycles. The highest BCUT2D eigenvalue weighted by Gasteiger charge is 2.16. The van der Waals surface area contributed by atoms with Gasteiger partial charge in [-0.2, -0.15) is 0 Å². The summed E-state index contributed by atoms with van der Waals surface area (Å²) in [4.78, 5) is 23.5. The Kier molecular flexibility index (Phi) is 5.12. The zero-order valence-corrected chi connectivity index (χ0v) is 13.8. The van der Waals surface area contributed by atoms with E-state index >= 15 is 0 Å². The van der Waals surface area contributed by atoms with Gasteiger partial charge in [-0.15, -0.1) is 11.3 Å². The summed E-state index contributed by atoms with van der Waals surface area (Å²) < 4.78 is 11.2. The van der Waals surface area contributed by atoms with Gasteiger partial charge in [-0.1, -0.05) is 0 Å². The Bertz CT molecular complexity index is 720. The molecule has 1 fully saturated rings. The van der Waals surface area contributed by atoms with Gasteiger partial charge in [0.15, 0.2) is 0 Å². The van der Waals surface area contributed by atoms with Crippen LogP contribution in [0.5, 0.6) is 5.75 Å². The van der Waals surface area contributed by atoms with E-state index in [1.807, 2.05) is 0 Å². The average molecular weight is 346 g/mol. The van der Waals surface area contributed by atoms with Crippen LogP contribution in [0.3, 0.4) is 0 Å². The topological polar surface area (TPSA) is 90.7 Å². The maximum absolute atomic E-state index is 12.2. The number of rotatable bonds is 6. The molecule has 1 aromatic heterocycles. The molecule has 0 radical (unpaired) electrons. The van der Waals surface area contributed by atoms with Crippen LogP contribution in [-0.4, -0.2) is 31.1 Å². The van der Waals surface area contributed by atoms with Crippen LogP contribution < -0.4 is 15.8 Å². The predicted molar refractivity (Wildman–Crippen MR) is 91.7 cm³/mol. The summed E-state index contributed by atoms with van der Waals surface area (Å²) in [6.07, 6.45) is 2.24. The number of primary amides is 1. The zero-order valence-electron chi connectivity index (χ0n) is 13.0. The molecule has 2 heterocycles. The van der Waals surface area contributed by atoms with E-state index in [0.29, 0.717) is 28.5 Å². The molecule has 0 unspecified atom stereocenters. The predicted octanol–water partition coefficient (Wildman–Crippen LogP) is 2.66. The number of hydrogen-bond acceptors (Lipinski definition) is 5. The molecule has 1 saturated heterocycles. The van der Waals surface area contributed by atoms with Crippen molar-refractivity contribution in [1.82, 2.24) is 0 Å². The first-order chi connectivity index (χ1) is 11.6. The molecular weight excluding hydrogens is 328 g/mol. The number of nitrogens with two attached hydrogens (primary N) is 1. The second-order valence-corrected chi connectivity index (χ2v) is 6.37. The van der Waals surface area contributed by atoms with E-state index in [4.69, 9.17) is 15.2 Å². The molecular formula is C17H18N2O4S. The summed E-state index contributed by atoms with van der Waals surface area (Å²) in [5.41, 5.74) is 6.05. The van der Waals surface area contributed by atoms with Gasteiger partial charge < -0.3 is 20.5 Å². The lowest BCUT2D eigenvalue weighted by molar-refractivity contribution is 0.0679. The van der Waals surface area contributed by atoms with Crippen LogP contribution in [0.1, 0.15) is 33.6 Å². The standard InChI is InChI=1S/C17H18N2O4S/c18-15(20)14-7-9-24-17(14)19-16(21)11-3-5-12(6-4-11)23-10-13-2-1-8-22-13/h3-7,9,13H,1-2,8,10H2,(H2,18,20)(H,19,21)/t13-/m0/s1. The van der Waals surface area contributed by atoms with Crippen molar-refractivity contribution < 1.29 is 19.1 Å². The molecule has 3 N–H and O–H groups in total. The molecule has 0 bridgehead atoms. The van der Waals surface area contributed by atoms with Crippen molar-refractivity contribution in [2.24, 2.45) is 5.73 Å². The molecule has 6 nitrogen and oxygen atoms in total. The van der Waals surface area contributed by atoms with Gasteiger partial charge in [0.25, 0.3) is 11.8 Å². The molecule has 3 rings (SSSR count). The first-order valence-corrected chi connectivity index (χ1v) is 8.54. The molecule has 1 aromatic carbocycles. The van der Waals surface area contributed by atoms with Gasteiger partial charge in [0.2, 0.25) is 0 Å². The Hall–Kier alpha value is -2.38. The molecule has 1 atom stereocenters. The fourth-order valence-corrected chi connectivity index (χ4v) is 3.23. The number of anilines is 1. The smallest absolute Gasteiger partial charge is 0.256 e. The number of carbonyl (C=O) groups is 2. The number of benzene rings is 1. The van der Waals surface area contributed by atoms with Gasteiger partial charge in [-0.05, 0) is 48.6 Å². The highest BCUT2D eigenvalue weighted by Crippen LogP contribution is 2.24. The van der Waals surface area contributed by atoms with E-state index in [1.54, 1.807) is 35.7 Å². The molecule has 1 aliphatic rings. The largest absolute Gasteiger partial charge is 0.491 e. The van der Waals surface area contributed by atoms with E-state index in [0.717, 1.165) is 19.4 Å². The lowest BCUT2D eigenvalue weighted by Gasteiger charge is -2.11. The average Bonchev–Trinajstić information content (AvgIpc) is 3.25. The number of thiophene rings is 1. The maximum Gasteiger partial charge on any atom is 0.256 e. The SMILES string of the molecule is NC(=O)c1ccsc1NC(=O)c1ccc(OC[C@@H]2CCCO2)cc1. The minimum atomic E-state index is -0.565. The molecule has 7 heteroatoms. The summed E-state index contributed by atoms with van der Waals surface area (Å²) in [5, 5.41) is 4.86. The van der Waals surface area contributed by atoms with Crippen molar-refractivity contribution in [2.75, 3.05) is 18.5 Å². The van der Waals surface area contributed by atoms with Crippen LogP contribution in [0.2, 0.25) is 0 Å². The van der Waals surface area contributed by atoms with E-state index in [-0.39, 0.29) is 12.0 Å². The Morgan fingerprint density at radius 3 is 2.75 bits per heavy atom. The van der Waals surface area contributed by atoms with Crippen LogP contribution in [0.15, 0.2) is 35.7 Å². The first kappa shape index (κ1) is 16.5. The fourth-order valence-electron chi connectivity index (χ4n) is 2.44. The number of hydrogen-bond donors (Lipinski definition) is 2. The quantitative estimate of drug-likeness (QED) is 0.841. The second kappa shape index (κ2) is 7.46. The van der Waals surface area contributed by atoms with Gasteiger partial charge in [-0.3, -0.25) is 9.59 Å². The number of amides is 2. The van der Waals surface area contributed by atoms with Crippen molar-refractivity contribution in [1.29, 1.82) is 0 Å². The number of carbonyl (C=O) groups excluding carboxylic acids is 2. The third-order valence-electron chi connectivity index (χ3n) is 3.73. The van der Waals surface area contributed by atoms with E-state index in [2.05, 4.69) is 5.32 Å². The fraction of sp³-hybridized carbons (Fsp3) is 0.294. The molecule has 0 spiro atoms. The molecule has 1 aliphatic heterocycles. The lowest BCUT2D eigenvalue weighted by Crippen LogP contribution is -2.17.